The fraction of sp³-hybridized carbons (Fsp3) is 0.593. The maximum atomic E-state index is 13.5. The van der Waals surface area contributed by atoms with Crippen molar-refractivity contribution in [3.63, 3.8) is 0 Å². The molecule has 7 N–H and O–H groups in total. The van der Waals surface area contributed by atoms with Crippen molar-refractivity contribution in [2.75, 3.05) is 13.1 Å². The first-order valence-corrected chi connectivity index (χ1v) is 12.8. The van der Waals surface area contributed by atoms with E-state index < -0.39 is 29.7 Å². The van der Waals surface area contributed by atoms with Crippen molar-refractivity contribution in [2.24, 2.45) is 35.1 Å². The smallest absolute Gasteiger partial charge is 0.257 e. The number of hydrogen-bond donors (Lipinski definition) is 5. The summed E-state index contributed by atoms with van der Waals surface area (Å²) in [4.78, 5) is 39.2. The van der Waals surface area contributed by atoms with Crippen LogP contribution in [0.3, 0.4) is 0 Å². The SMILES string of the molecule is CC(C)C[C@@H](C(=O)NN(CC(C)C)C(=O)[C@@H](N)CCCCN)[C@H](C/C=C/c1ccccc1)C(=O)NO.Cl. The number of nitrogens with one attached hydrogen (secondary N) is 2. The Hall–Kier alpha value is -2.46. The Labute approximate surface area is 227 Å². The Bertz CT molecular complexity index is 835. The van der Waals surface area contributed by atoms with Crippen molar-refractivity contribution < 1.29 is 19.6 Å². The molecular weight excluding hydrogens is 494 g/mol. The predicted octanol–water partition coefficient (Wildman–Crippen LogP) is 3.27. The lowest BCUT2D eigenvalue weighted by molar-refractivity contribution is -0.148. The highest BCUT2D eigenvalue weighted by Crippen LogP contribution is 2.26. The lowest BCUT2D eigenvalue weighted by Crippen LogP contribution is -2.56. The lowest BCUT2D eigenvalue weighted by atomic mass is 9.82. The van der Waals surface area contributed by atoms with Crippen LogP contribution in [0.15, 0.2) is 36.4 Å². The Morgan fingerprint density at radius 1 is 1.00 bits per heavy atom. The van der Waals surface area contributed by atoms with E-state index in [0.29, 0.717) is 19.4 Å². The number of benzene rings is 1. The molecule has 0 aliphatic carbocycles. The molecule has 0 fully saturated rings. The van der Waals surface area contributed by atoms with Crippen molar-refractivity contribution in [1.82, 2.24) is 15.9 Å². The second kappa shape index (κ2) is 18.7. The van der Waals surface area contributed by atoms with Crippen molar-refractivity contribution in [2.45, 2.75) is 65.8 Å². The maximum Gasteiger partial charge on any atom is 0.257 e. The summed E-state index contributed by atoms with van der Waals surface area (Å²) in [6.07, 6.45) is 6.28. The van der Waals surface area contributed by atoms with E-state index >= 15 is 0 Å². The van der Waals surface area contributed by atoms with Gasteiger partial charge in [0.2, 0.25) is 11.8 Å². The molecule has 1 aromatic carbocycles. The molecule has 0 bridgehead atoms. The number of amides is 3. The molecule has 0 saturated heterocycles. The second-order valence-corrected chi connectivity index (χ2v) is 10.1. The molecule has 37 heavy (non-hydrogen) atoms. The van der Waals surface area contributed by atoms with Gasteiger partial charge in [-0.2, -0.15) is 0 Å². The van der Waals surface area contributed by atoms with E-state index in [9.17, 15) is 19.6 Å². The monoisotopic (exact) mass is 539 g/mol. The molecule has 3 amide bonds. The zero-order chi connectivity index (χ0) is 27.1. The van der Waals surface area contributed by atoms with Crippen LogP contribution in [0.25, 0.3) is 6.08 Å². The van der Waals surface area contributed by atoms with Gasteiger partial charge in [-0.25, -0.2) is 5.48 Å². The van der Waals surface area contributed by atoms with Crippen LogP contribution in [0.1, 0.15) is 65.4 Å². The van der Waals surface area contributed by atoms with E-state index in [1.807, 2.05) is 70.2 Å². The molecule has 0 unspecified atom stereocenters. The van der Waals surface area contributed by atoms with Crippen LogP contribution in [0.2, 0.25) is 0 Å². The van der Waals surface area contributed by atoms with Crippen LogP contribution in [-0.4, -0.2) is 47.1 Å². The molecule has 9 nitrogen and oxygen atoms in total. The van der Waals surface area contributed by atoms with Crippen LogP contribution in [0, 0.1) is 23.7 Å². The number of hydroxylamine groups is 1. The van der Waals surface area contributed by atoms with Gasteiger partial charge in [-0.1, -0.05) is 76.6 Å². The molecule has 1 aromatic rings. The summed E-state index contributed by atoms with van der Waals surface area (Å²) in [5, 5.41) is 10.7. The van der Waals surface area contributed by atoms with Gasteiger partial charge in [0, 0.05) is 6.54 Å². The zero-order valence-electron chi connectivity index (χ0n) is 22.6. The number of halogens is 1. The van der Waals surface area contributed by atoms with E-state index in [-0.39, 0.29) is 43.1 Å². The number of allylic oxidation sites excluding steroid dienone is 1. The Morgan fingerprint density at radius 2 is 1.65 bits per heavy atom. The molecule has 10 heteroatoms. The van der Waals surface area contributed by atoms with Crippen molar-refractivity contribution in [1.29, 1.82) is 0 Å². The summed E-state index contributed by atoms with van der Waals surface area (Å²) in [7, 11) is 0. The normalized spacial score (nSPS) is 13.6. The van der Waals surface area contributed by atoms with Gasteiger partial charge < -0.3 is 11.5 Å². The van der Waals surface area contributed by atoms with Gasteiger partial charge in [-0.05, 0) is 49.6 Å². The first-order valence-electron chi connectivity index (χ1n) is 12.8. The first kappa shape index (κ1) is 34.5. The number of hydrazine groups is 1. The zero-order valence-corrected chi connectivity index (χ0v) is 23.4. The molecule has 210 valence electrons. The number of rotatable bonds is 15. The highest BCUT2D eigenvalue weighted by molar-refractivity contribution is 5.89. The van der Waals surface area contributed by atoms with Crippen LogP contribution in [-0.2, 0) is 14.4 Å². The van der Waals surface area contributed by atoms with Crippen molar-refractivity contribution in [3.8, 4) is 0 Å². The summed E-state index contributed by atoms with van der Waals surface area (Å²) >= 11 is 0. The second-order valence-electron chi connectivity index (χ2n) is 10.1. The molecular formula is C27H46ClN5O4. The Morgan fingerprint density at radius 3 is 2.19 bits per heavy atom. The lowest BCUT2D eigenvalue weighted by Gasteiger charge is -2.31. The summed E-state index contributed by atoms with van der Waals surface area (Å²) < 4.78 is 0. The summed E-state index contributed by atoms with van der Waals surface area (Å²) in [6.45, 7) is 8.60. The molecule has 0 aliphatic rings. The van der Waals surface area contributed by atoms with Gasteiger partial charge in [-0.3, -0.25) is 30.0 Å². The van der Waals surface area contributed by atoms with Crippen molar-refractivity contribution >= 4 is 36.2 Å². The molecule has 0 aliphatic heterocycles. The molecule has 1 rings (SSSR count). The maximum absolute atomic E-state index is 13.5. The van der Waals surface area contributed by atoms with Gasteiger partial charge >= 0.3 is 0 Å². The van der Waals surface area contributed by atoms with E-state index in [0.717, 1.165) is 18.4 Å². The number of unbranched alkanes of at least 4 members (excludes halogenated alkanes) is 1. The van der Waals surface area contributed by atoms with E-state index in [4.69, 9.17) is 11.5 Å². The van der Waals surface area contributed by atoms with Gasteiger partial charge in [0.05, 0.1) is 17.9 Å². The highest BCUT2D eigenvalue weighted by Gasteiger charge is 2.35. The largest absolute Gasteiger partial charge is 0.330 e. The summed E-state index contributed by atoms with van der Waals surface area (Å²) in [5.74, 6) is -2.88. The summed E-state index contributed by atoms with van der Waals surface area (Å²) in [6, 6.07) is 8.84. The molecule has 3 atom stereocenters. The van der Waals surface area contributed by atoms with E-state index in [1.54, 1.807) is 5.48 Å². The van der Waals surface area contributed by atoms with Gasteiger partial charge in [-0.15, -0.1) is 12.4 Å². The Balaban J connectivity index is 0.0000130. The fourth-order valence-electron chi connectivity index (χ4n) is 4.02. The van der Waals surface area contributed by atoms with Gasteiger partial charge in [0.15, 0.2) is 0 Å². The van der Waals surface area contributed by atoms with E-state index in [2.05, 4.69) is 5.43 Å². The first-order chi connectivity index (χ1) is 17.1. The van der Waals surface area contributed by atoms with Crippen LogP contribution in [0.4, 0.5) is 0 Å². The fourth-order valence-corrected chi connectivity index (χ4v) is 4.02. The third-order valence-electron chi connectivity index (χ3n) is 5.84. The number of hydrogen-bond acceptors (Lipinski definition) is 6. The number of carbonyl (C=O) groups is 3. The van der Waals surface area contributed by atoms with Crippen molar-refractivity contribution in [3.05, 3.63) is 42.0 Å². The third-order valence-corrected chi connectivity index (χ3v) is 5.84. The van der Waals surface area contributed by atoms with Crippen LogP contribution >= 0.6 is 12.4 Å². The number of nitrogens with two attached hydrogens (primary N) is 2. The molecule has 0 aromatic heterocycles. The van der Waals surface area contributed by atoms with E-state index in [1.165, 1.54) is 5.01 Å². The molecule has 0 heterocycles. The minimum Gasteiger partial charge on any atom is -0.330 e. The van der Waals surface area contributed by atoms with Gasteiger partial charge in [0.25, 0.3) is 5.91 Å². The standard InChI is InChI=1S/C27H45N5O4.ClH/c1-19(2)17-23(22(26(34)31-36)14-10-13-21-11-6-5-7-12-21)25(33)30-32(18-20(3)4)27(35)24(29)15-8-9-16-28;/h5-7,10-13,19-20,22-24,36H,8-9,14-18,28-29H2,1-4H3,(H,30,33)(H,31,34);1H/b13-10+;/t22-,23+,24-;/m0./s1. The average Bonchev–Trinajstić information content (AvgIpc) is 2.84. The summed E-state index contributed by atoms with van der Waals surface area (Å²) in [5.41, 5.74) is 17.1. The topological polar surface area (TPSA) is 151 Å². The molecule has 0 radical (unpaired) electrons. The average molecular weight is 540 g/mol. The molecule has 0 spiro atoms. The Kier molecular flexibility index (Phi) is 17.5. The number of nitrogens with zero attached hydrogens (tertiary/aromatic N) is 1. The van der Waals surface area contributed by atoms with Crippen LogP contribution < -0.4 is 22.4 Å². The van der Waals surface area contributed by atoms with Crippen LogP contribution in [0.5, 0.6) is 0 Å². The highest BCUT2D eigenvalue weighted by atomic mass is 35.5. The molecule has 0 saturated carbocycles. The minimum atomic E-state index is -0.827. The minimum absolute atomic E-state index is 0. The van der Waals surface area contributed by atoms with Gasteiger partial charge in [0.1, 0.15) is 0 Å². The predicted molar refractivity (Wildman–Crippen MR) is 149 cm³/mol. The number of carbonyl (C=O) groups excluding carboxylic acids is 3. The quantitative estimate of drug-likeness (QED) is 0.131. The third kappa shape index (κ3) is 13.1.